The van der Waals surface area contributed by atoms with Gasteiger partial charge in [0, 0.05) is 91.0 Å². The fourth-order valence-electron chi connectivity index (χ4n) is 11.2. The van der Waals surface area contributed by atoms with Crippen molar-refractivity contribution >= 4 is 55.6 Å². The summed E-state index contributed by atoms with van der Waals surface area (Å²) in [5.74, 6) is 3.18. The molecule has 3 aromatic heterocycles. The third kappa shape index (κ3) is 8.69. The quantitative estimate of drug-likeness (QED) is 0.142. The van der Waals surface area contributed by atoms with Crippen molar-refractivity contribution in [1.82, 2.24) is 19.1 Å². The van der Waals surface area contributed by atoms with Gasteiger partial charge in [0.25, 0.3) is 0 Å². The molecule has 2 aliphatic heterocycles. The second-order valence-electron chi connectivity index (χ2n) is 22.3. The van der Waals surface area contributed by atoms with E-state index in [1.807, 2.05) is 12.3 Å². The van der Waals surface area contributed by atoms with Gasteiger partial charge in [-0.15, -0.1) is 53.6 Å². The van der Waals surface area contributed by atoms with Gasteiger partial charge in [-0.2, -0.15) is 6.07 Å². The topological polar surface area (TPSA) is 51.4 Å². The number of ether oxygens (including phenoxy) is 1. The van der Waals surface area contributed by atoms with Crippen LogP contribution in [0.1, 0.15) is 76.9 Å². The monoisotopic (exact) mass is 1170 g/mol. The molecule has 380 valence electrons. The summed E-state index contributed by atoms with van der Waals surface area (Å²) in [4.78, 5) is 15.1. The molecule has 0 radical (unpaired) electrons. The van der Waals surface area contributed by atoms with Gasteiger partial charge in [-0.3, -0.25) is 0 Å². The van der Waals surface area contributed by atoms with Gasteiger partial charge in [0.15, 0.2) is 0 Å². The van der Waals surface area contributed by atoms with Crippen LogP contribution >= 0.6 is 0 Å². The Morgan fingerprint density at radius 3 is 1.93 bits per heavy atom. The van der Waals surface area contributed by atoms with Crippen molar-refractivity contribution in [2.45, 2.75) is 85.1 Å². The SMILES string of the molecule is Cc1cc(-n2c3[c-]c(Oc4[c-]c(N5[CH-]N(c6c(-c7ccccc7)cccc6-c6ccccc6)c6cc7c(cc65)nc5n7CCCC5)cc(C(C)(C)C)c4)ccc3c3ccccc32)ncc1-c1ccc(C(C)(C)C)cc1.[Pt]. The number of nitrogens with zero attached hydrogens (tertiary/aromatic N) is 6. The van der Waals surface area contributed by atoms with Crippen LogP contribution in [0.3, 0.4) is 0 Å². The summed E-state index contributed by atoms with van der Waals surface area (Å²) < 4.78 is 11.7. The van der Waals surface area contributed by atoms with Crippen LogP contribution in [-0.2, 0) is 44.9 Å². The van der Waals surface area contributed by atoms with E-state index in [1.54, 1.807) is 0 Å². The number of anilines is 4. The molecule has 0 amide bonds. The first-order valence-electron chi connectivity index (χ1n) is 26.3. The Labute approximate surface area is 460 Å². The first-order chi connectivity index (χ1) is 36.3. The van der Waals surface area contributed by atoms with E-state index in [4.69, 9.17) is 14.7 Å². The molecular weight excluding hydrogens is 1110 g/mol. The number of fused-ring (bicyclic) bond motifs is 7. The average Bonchev–Trinajstić information content (AvgIpc) is 4.25. The summed E-state index contributed by atoms with van der Waals surface area (Å²) in [5, 5.41) is 2.21. The minimum Gasteiger partial charge on any atom is -0.509 e. The largest absolute Gasteiger partial charge is 0.509 e. The molecular formula is C68H59N6OPt-3. The molecule has 0 saturated heterocycles. The number of hydrogen-bond acceptors (Lipinski definition) is 5. The number of rotatable bonds is 8. The predicted molar refractivity (Wildman–Crippen MR) is 309 cm³/mol. The molecule has 0 fully saturated rings. The molecule has 0 saturated carbocycles. The number of hydrogen-bond donors (Lipinski definition) is 0. The number of imidazole rings is 1. The number of aryl methyl sites for hydroxylation is 3. The average molecular weight is 1170 g/mol. The maximum atomic E-state index is 7.01. The number of aromatic nitrogens is 4. The molecule has 13 rings (SSSR count). The van der Waals surface area contributed by atoms with Gasteiger partial charge >= 0.3 is 0 Å². The zero-order valence-electron chi connectivity index (χ0n) is 44.1. The van der Waals surface area contributed by atoms with Crippen LogP contribution in [0.2, 0.25) is 0 Å². The first kappa shape index (κ1) is 49.2. The Kier molecular flexibility index (Phi) is 12.4. The Hall–Kier alpha value is -7.73. The van der Waals surface area contributed by atoms with Gasteiger partial charge in [-0.1, -0.05) is 168 Å². The minimum absolute atomic E-state index is 0. The molecule has 0 N–H and O–H groups in total. The molecule has 7 nitrogen and oxygen atoms in total. The molecule has 11 aromatic rings. The molecule has 0 spiro atoms. The second kappa shape index (κ2) is 19.1. The maximum absolute atomic E-state index is 7.01. The summed E-state index contributed by atoms with van der Waals surface area (Å²) in [6.07, 6.45) is 5.29. The summed E-state index contributed by atoms with van der Waals surface area (Å²) >= 11 is 0. The van der Waals surface area contributed by atoms with Gasteiger partial charge in [0.1, 0.15) is 11.6 Å². The van der Waals surface area contributed by atoms with Crippen molar-refractivity contribution < 1.29 is 25.8 Å². The van der Waals surface area contributed by atoms with E-state index < -0.39 is 0 Å². The molecule has 76 heavy (non-hydrogen) atoms. The molecule has 0 atom stereocenters. The molecule has 2 aliphatic rings. The van der Waals surface area contributed by atoms with Gasteiger partial charge in [0.2, 0.25) is 0 Å². The minimum atomic E-state index is -0.220. The van der Waals surface area contributed by atoms with E-state index in [0.29, 0.717) is 11.5 Å². The molecule has 0 bridgehead atoms. The Morgan fingerprint density at radius 1 is 0.566 bits per heavy atom. The van der Waals surface area contributed by atoms with Crippen LogP contribution in [0.4, 0.5) is 22.7 Å². The predicted octanol–water partition coefficient (Wildman–Crippen LogP) is 17.6. The third-order valence-corrected chi connectivity index (χ3v) is 15.3. The zero-order valence-corrected chi connectivity index (χ0v) is 46.3. The van der Waals surface area contributed by atoms with E-state index in [2.05, 4.69) is 250 Å². The van der Waals surface area contributed by atoms with Crippen LogP contribution in [0.25, 0.3) is 72.0 Å². The van der Waals surface area contributed by atoms with Gasteiger partial charge in [-0.25, -0.2) is 9.97 Å². The van der Waals surface area contributed by atoms with E-state index >= 15 is 0 Å². The fraction of sp³-hybridized carbons (Fsp3) is 0.191. The van der Waals surface area contributed by atoms with Crippen molar-refractivity contribution in [3.63, 3.8) is 0 Å². The Morgan fingerprint density at radius 2 is 1.24 bits per heavy atom. The van der Waals surface area contributed by atoms with E-state index in [-0.39, 0.29) is 31.9 Å². The summed E-state index contributed by atoms with van der Waals surface area (Å²) in [6, 6.07) is 68.5. The van der Waals surface area contributed by atoms with E-state index in [1.165, 1.54) is 5.56 Å². The molecule has 0 aliphatic carbocycles. The van der Waals surface area contributed by atoms with Crippen molar-refractivity contribution in [2.75, 3.05) is 9.80 Å². The van der Waals surface area contributed by atoms with Crippen LogP contribution in [0, 0.1) is 25.7 Å². The number of benzene rings is 8. The number of para-hydroxylation sites is 2. The van der Waals surface area contributed by atoms with Crippen molar-refractivity contribution in [2.24, 2.45) is 0 Å². The summed E-state index contributed by atoms with van der Waals surface area (Å²) in [6.45, 7) is 18.9. The van der Waals surface area contributed by atoms with Crippen LogP contribution in [-0.4, -0.2) is 19.1 Å². The molecule has 8 aromatic carbocycles. The molecule has 5 heterocycles. The standard InChI is InChI=1S/C68H59N6O.Pt/c1-44-35-65(69-42-57(44)47-28-30-48(31-29-47)67(2,3)4)74-59-26-15-14-23-55(59)56-33-32-51(39-60(56)74)75-52-37-49(68(5,6)7)36-50(38-52)72-43-73(63-41-61-58(40-62(63)72)70-64-27-16-17-34-71(61)64)66-53(45-19-10-8-11-20-45)24-18-25-54(66)46-21-12-9-13-22-46;/h8-15,18-26,28-33,35-37,40-43H,16-17,27,34H2,1-7H3;/q-3;. The van der Waals surface area contributed by atoms with Gasteiger partial charge in [0.05, 0.1) is 11.0 Å². The van der Waals surface area contributed by atoms with Crippen molar-refractivity contribution in [1.29, 1.82) is 0 Å². The fourth-order valence-corrected chi connectivity index (χ4v) is 11.2. The third-order valence-electron chi connectivity index (χ3n) is 15.3. The van der Waals surface area contributed by atoms with Gasteiger partial charge < -0.3 is 23.7 Å². The molecule has 8 heteroatoms. The Bertz CT molecular complexity index is 3940. The summed E-state index contributed by atoms with van der Waals surface area (Å²) in [5.41, 5.74) is 18.5. The second-order valence-corrected chi connectivity index (χ2v) is 22.3. The summed E-state index contributed by atoms with van der Waals surface area (Å²) in [7, 11) is 0. The normalized spacial score (nSPS) is 13.6. The maximum Gasteiger partial charge on any atom is 0.135 e. The van der Waals surface area contributed by atoms with Crippen LogP contribution in [0.15, 0.2) is 176 Å². The van der Waals surface area contributed by atoms with Crippen molar-refractivity contribution in [3.05, 3.63) is 217 Å². The Balaban J connectivity index is 0.00000582. The van der Waals surface area contributed by atoms with E-state index in [9.17, 15) is 0 Å². The van der Waals surface area contributed by atoms with E-state index in [0.717, 1.165) is 138 Å². The molecule has 0 unspecified atom stereocenters. The van der Waals surface area contributed by atoms with Gasteiger partial charge in [-0.05, 0) is 88.1 Å². The van der Waals surface area contributed by atoms with Crippen molar-refractivity contribution in [3.8, 4) is 50.7 Å². The number of pyridine rings is 1. The first-order valence-corrected chi connectivity index (χ1v) is 26.3. The smallest absolute Gasteiger partial charge is 0.135 e. The van der Waals surface area contributed by atoms with Crippen LogP contribution < -0.4 is 14.5 Å². The van der Waals surface area contributed by atoms with Crippen LogP contribution in [0.5, 0.6) is 11.5 Å². The zero-order chi connectivity index (χ0) is 51.2.